The molecule has 2 aromatic rings. The van der Waals surface area contributed by atoms with Crippen molar-refractivity contribution < 1.29 is 4.39 Å². The molecule has 0 aliphatic carbocycles. The van der Waals surface area contributed by atoms with Crippen molar-refractivity contribution in [3.05, 3.63) is 41.1 Å². The maximum absolute atomic E-state index is 13.0. The van der Waals surface area contributed by atoms with Crippen molar-refractivity contribution in [1.29, 1.82) is 0 Å². The van der Waals surface area contributed by atoms with Gasteiger partial charge in [0.15, 0.2) is 0 Å². The fraction of sp³-hybridized carbons (Fsp3) is 0.182. The molecule has 0 fully saturated rings. The molecule has 0 spiro atoms. The predicted octanol–water partition coefficient (Wildman–Crippen LogP) is 3.43. The van der Waals surface area contributed by atoms with E-state index in [-0.39, 0.29) is 5.82 Å². The minimum absolute atomic E-state index is 0.270. The summed E-state index contributed by atoms with van der Waals surface area (Å²) >= 11 is 5.77. The zero-order chi connectivity index (χ0) is 10.8. The van der Waals surface area contributed by atoms with Crippen LogP contribution in [0.4, 0.5) is 4.39 Å². The Morgan fingerprint density at radius 3 is 2.93 bits per heavy atom. The molecule has 15 heavy (non-hydrogen) atoms. The van der Waals surface area contributed by atoms with Crippen molar-refractivity contribution >= 4 is 11.6 Å². The van der Waals surface area contributed by atoms with Gasteiger partial charge in [0.25, 0.3) is 0 Å². The summed E-state index contributed by atoms with van der Waals surface area (Å²) in [6, 6.07) is 6.33. The van der Waals surface area contributed by atoms with E-state index < -0.39 is 0 Å². The Kier molecular flexibility index (Phi) is 2.73. The van der Waals surface area contributed by atoms with E-state index in [2.05, 4.69) is 9.97 Å². The van der Waals surface area contributed by atoms with E-state index in [9.17, 15) is 4.39 Å². The van der Waals surface area contributed by atoms with E-state index in [1.54, 1.807) is 6.07 Å². The highest BCUT2D eigenvalue weighted by molar-refractivity contribution is 6.28. The van der Waals surface area contributed by atoms with Gasteiger partial charge in [-0.2, -0.15) is 0 Å². The smallest absolute Gasteiger partial charge is 0.200 e. The summed E-state index contributed by atoms with van der Waals surface area (Å²) in [5.74, 6) is -0.270. The maximum Gasteiger partial charge on any atom is 0.200 e. The van der Waals surface area contributed by atoms with Crippen LogP contribution >= 0.6 is 11.6 Å². The van der Waals surface area contributed by atoms with E-state index >= 15 is 0 Å². The molecule has 0 radical (unpaired) electrons. The Hall–Kier alpha value is -1.35. The second-order valence-corrected chi connectivity index (χ2v) is 3.58. The van der Waals surface area contributed by atoms with Crippen LogP contribution in [0.1, 0.15) is 12.6 Å². The van der Waals surface area contributed by atoms with Gasteiger partial charge in [0, 0.05) is 11.3 Å². The molecule has 0 saturated carbocycles. The average molecular weight is 225 g/mol. The first-order valence-corrected chi connectivity index (χ1v) is 5.09. The van der Waals surface area contributed by atoms with Gasteiger partial charge in [0.05, 0.1) is 5.69 Å². The number of benzene rings is 1. The molecule has 0 bridgehead atoms. The van der Waals surface area contributed by atoms with Crippen molar-refractivity contribution in [2.45, 2.75) is 13.3 Å². The predicted molar refractivity (Wildman–Crippen MR) is 58.4 cm³/mol. The van der Waals surface area contributed by atoms with Crippen molar-refractivity contribution in [1.82, 2.24) is 9.97 Å². The van der Waals surface area contributed by atoms with Gasteiger partial charge in [0.2, 0.25) is 5.28 Å². The van der Waals surface area contributed by atoms with Crippen LogP contribution in [0, 0.1) is 5.82 Å². The van der Waals surface area contributed by atoms with E-state index in [4.69, 9.17) is 11.6 Å². The number of nitrogens with one attached hydrogen (secondary N) is 1. The molecule has 0 atom stereocenters. The molecular weight excluding hydrogens is 215 g/mol. The first-order valence-electron chi connectivity index (χ1n) is 4.71. The second kappa shape index (κ2) is 4.03. The van der Waals surface area contributed by atoms with Crippen LogP contribution in [-0.2, 0) is 6.42 Å². The molecule has 1 heterocycles. The zero-order valence-corrected chi connectivity index (χ0v) is 8.98. The summed E-state index contributed by atoms with van der Waals surface area (Å²) in [5.41, 5.74) is 2.39. The van der Waals surface area contributed by atoms with E-state index in [1.807, 2.05) is 13.0 Å². The third-order valence-electron chi connectivity index (χ3n) is 2.20. The average Bonchev–Trinajstić information content (AvgIpc) is 2.59. The lowest BCUT2D eigenvalue weighted by atomic mass is 10.1. The van der Waals surface area contributed by atoms with Crippen LogP contribution in [0.2, 0.25) is 5.28 Å². The number of aromatic nitrogens is 2. The van der Waals surface area contributed by atoms with Crippen LogP contribution in [0.25, 0.3) is 11.3 Å². The van der Waals surface area contributed by atoms with Gasteiger partial charge >= 0.3 is 0 Å². The van der Waals surface area contributed by atoms with Crippen molar-refractivity contribution in [3.8, 4) is 11.3 Å². The van der Waals surface area contributed by atoms with Crippen molar-refractivity contribution in [3.63, 3.8) is 0 Å². The Labute approximate surface area is 92.1 Å². The van der Waals surface area contributed by atoms with E-state index in [1.165, 1.54) is 12.1 Å². The Morgan fingerprint density at radius 2 is 2.27 bits per heavy atom. The summed E-state index contributed by atoms with van der Waals surface area (Å²) in [4.78, 5) is 7.08. The lowest BCUT2D eigenvalue weighted by Gasteiger charge is -1.99. The summed E-state index contributed by atoms with van der Waals surface area (Å²) in [6.45, 7) is 1.99. The van der Waals surface area contributed by atoms with Gasteiger partial charge in [0.1, 0.15) is 5.82 Å². The number of aromatic amines is 1. The molecule has 2 rings (SSSR count). The van der Waals surface area contributed by atoms with Gasteiger partial charge in [-0.15, -0.1) is 0 Å². The lowest BCUT2D eigenvalue weighted by Crippen LogP contribution is -1.86. The highest BCUT2D eigenvalue weighted by Gasteiger charge is 2.09. The molecular formula is C11H10ClFN2. The number of rotatable bonds is 2. The molecule has 1 aromatic heterocycles. The van der Waals surface area contributed by atoms with Gasteiger partial charge < -0.3 is 4.98 Å². The summed E-state index contributed by atoms with van der Waals surface area (Å²) in [7, 11) is 0. The quantitative estimate of drug-likeness (QED) is 0.832. The fourth-order valence-corrected chi connectivity index (χ4v) is 1.71. The normalized spacial score (nSPS) is 10.6. The van der Waals surface area contributed by atoms with Gasteiger partial charge in [-0.25, -0.2) is 9.37 Å². The molecule has 4 heteroatoms. The van der Waals surface area contributed by atoms with Crippen LogP contribution in [0.15, 0.2) is 24.3 Å². The van der Waals surface area contributed by atoms with Gasteiger partial charge in [-0.3, -0.25) is 0 Å². The van der Waals surface area contributed by atoms with Crippen molar-refractivity contribution in [2.75, 3.05) is 0 Å². The second-order valence-electron chi connectivity index (χ2n) is 3.22. The van der Waals surface area contributed by atoms with E-state index in [0.29, 0.717) is 5.28 Å². The summed E-state index contributed by atoms with van der Waals surface area (Å²) < 4.78 is 13.0. The molecule has 1 aromatic carbocycles. The molecule has 0 unspecified atom stereocenters. The van der Waals surface area contributed by atoms with E-state index in [0.717, 1.165) is 23.4 Å². The SMILES string of the molecule is CCc1[nH]c(Cl)nc1-c1cccc(F)c1. The number of aryl methyl sites for hydroxylation is 1. The summed E-state index contributed by atoms with van der Waals surface area (Å²) in [6.07, 6.45) is 0.783. The minimum Gasteiger partial charge on any atom is -0.332 e. The van der Waals surface area contributed by atoms with Crippen LogP contribution in [0.5, 0.6) is 0 Å². The fourth-order valence-electron chi connectivity index (χ4n) is 1.51. The lowest BCUT2D eigenvalue weighted by molar-refractivity contribution is 0.628. The third-order valence-corrected chi connectivity index (χ3v) is 2.38. The Bertz CT molecular complexity index is 479. The van der Waals surface area contributed by atoms with Gasteiger partial charge in [-0.05, 0) is 30.2 Å². The highest BCUT2D eigenvalue weighted by atomic mass is 35.5. The zero-order valence-electron chi connectivity index (χ0n) is 8.22. The topological polar surface area (TPSA) is 28.7 Å². The first-order chi connectivity index (χ1) is 7.20. The molecule has 1 N–H and O–H groups in total. The number of nitrogens with zero attached hydrogens (tertiary/aromatic N) is 1. The first kappa shape index (κ1) is 10.2. The van der Waals surface area contributed by atoms with Crippen LogP contribution < -0.4 is 0 Å². The number of hydrogen-bond donors (Lipinski definition) is 1. The summed E-state index contributed by atoms with van der Waals surface area (Å²) in [5, 5.41) is 0.339. The standard InChI is InChI=1S/C11H10ClFN2/c1-2-9-10(15-11(12)14-9)7-4-3-5-8(13)6-7/h3-6H,2H2,1H3,(H,14,15). The number of H-pyrrole nitrogens is 1. The number of halogens is 2. The Balaban J connectivity index is 2.53. The molecule has 2 nitrogen and oxygen atoms in total. The maximum atomic E-state index is 13.0. The number of imidazole rings is 1. The van der Waals surface area contributed by atoms with Gasteiger partial charge in [-0.1, -0.05) is 19.1 Å². The Morgan fingerprint density at radius 1 is 1.47 bits per heavy atom. The number of hydrogen-bond acceptors (Lipinski definition) is 1. The van der Waals surface area contributed by atoms with Crippen LogP contribution in [0.3, 0.4) is 0 Å². The molecule has 0 aliphatic heterocycles. The molecule has 0 aliphatic rings. The molecule has 0 amide bonds. The van der Waals surface area contributed by atoms with Crippen molar-refractivity contribution in [2.24, 2.45) is 0 Å². The molecule has 78 valence electrons. The van der Waals surface area contributed by atoms with Crippen LogP contribution in [-0.4, -0.2) is 9.97 Å². The largest absolute Gasteiger partial charge is 0.332 e. The molecule has 0 saturated heterocycles. The highest BCUT2D eigenvalue weighted by Crippen LogP contribution is 2.24. The minimum atomic E-state index is -0.270. The monoisotopic (exact) mass is 224 g/mol. The third kappa shape index (κ3) is 2.02.